The number of nitrogens with one attached hydrogen (secondary N) is 4. The van der Waals surface area contributed by atoms with E-state index in [-0.39, 0.29) is 6.03 Å². The number of amides is 2. The van der Waals surface area contributed by atoms with Crippen molar-refractivity contribution in [3.05, 3.63) is 108 Å². The fraction of sp³-hybridized carbons (Fsp3) is 0.0357. The lowest BCUT2D eigenvalue weighted by atomic mass is 10.1. The van der Waals surface area contributed by atoms with Crippen LogP contribution < -0.4 is 10.6 Å². The van der Waals surface area contributed by atoms with Crippen LogP contribution in [0, 0.1) is 0 Å². The number of fused-ring (bicyclic) bond motifs is 2. The van der Waals surface area contributed by atoms with Gasteiger partial charge in [0.15, 0.2) is 0 Å². The average molecular weight is 459 g/mol. The summed E-state index contributed by atoms with van der Waals surface area (Å²) in [4.78, 5) is 28.4. The van der Waals surface area contributed by atoms with Crippen LogP contribution in [-0.2, 0) is 6.42 Å². The zero-order valence-corrected chi connectivity index (χ0v) is 18.7. The molecule has 2 heterocycles. The molecule has 6 rings (SSSR count). The van der Waals surface area contributed by atoms with Gasteiger partial charge >= 0.3 is 6.03 Å². The first-order chi connectivity index (χ1) is 17.2. The van der Waals surface area contributed by atoms with Gasteiger partial charge in [-0.05, 0) is 66.2 Å². The molecule has 6 aromatic rings. The second kappa shape index (κ2) is 8.79. The lowest BCUT2D eigenvalue weighted by Crippen LogP contribution is -2.19. The standard InChI is InChI=1S/C28H22N6O/c35-28(30-21-15-11-19(12-16-21)27-33-24-7-3-4-8-25(24)34-27)29-20-13-9-18(10-14-20)17-26-31-22-5-1-2-6-23(22)32-26/h1-16H,17H2,(H,31,32)(H,33,34)(H2,29,30,35). The Bertz CT molecular complexity index is 1560. The highest BCUT2D eigenvalue weighted by molar-refractivity contribution is 5.99. The molecule has 4 aromatic carbocycles. The lowest BCUT2D eigenvalue weighted by molar-refractivity contribution is 0.262. The smallest absolute Gasteiger partial charge is 0.323 e. The van der Waals surface area contributed by atoms with Crippen LogP contribution in [0.5, 0.6) is 0 Å². The van der Waals surface area contributed by atoms with Gasteiger partial charge in [-0.1, -0.05) is 36.4 Å². The summed E-state index contributed by atoms with van der Waals surface area (Å²) in [5.41, 5.74) is 7.38. The van der Waals surface area contributed by atoms with Crippen LogP contribution in [0.4, 0.5) is 16.2 Å². The fourth-order valence-corrected chi connectivity index (χ4v) is 4.08. The molecular weight excluding hydrogens is 436 g/mol. The molecule has 0 aliphatic heterocycles. The van der Waals surface area contributed by atoms with Crippen LogP contribution >= 0.6 is 0 Å². The SMILES string of the molecule is O=C(Nc1ccc(Cc2nc3ccccc3[nH]2)cc1)Nc1ccc(-c2nc3ccccc3[nH]2)cc1. The van der Waals surface area contributed by atoms with Gasteiger partial charge in [-0.25, -0.2) is 14.8 Å². The quantitative estimate of drug-likeness (QED) is 0.243. The molecule has 0 saturated carbocycles. The average Bonchev–Trinajstić information content (AvgIpc) is 3.49. The minimum atomic E-state index is -0.300. The predicted octanol–water partition coefficient (Wildman–Crippen LogP) is 6.34. The Kier molecular flexibility index (Phi) is 5.20. The number of aromatic amines is 2. The number of hydrogen-bond donors (Lipinski definition) is 4. The Hall–Kier alpha value is -4.91. The van der Waals surface area contributed by atoms with E-state index in [0.29, 0.717) is 12.1 Å². The van der Waals surface area contributed by atoms with Crippen molar-refractivity contribution < 1.29 is 4.79 Å². The first kappa shape index (κ1) is 20.7. The number of hydrogen-bond acceptors (Lipinski definition) is 3. The van der Waals surface area contributed by atoms with E-state index < -0.39 is 0 Å². The second-order valence-electron chi connectivity index (χ2n) is 8.33. The van der Waals surface area contributed by atoms with Crippen LogP contribution in [0.1, 0.15) is 11.4 Å². The Balaban J connectivity index is 1.07. The Morgan fingerprint density at radius 3 is 1.86 bits per heavy atom. The molecule has 7 nitrogen and oxygen atoms in total. The highest BCUT2D eigenvalue weighted by Crippen LogP contribution is 2.22. The Morgan fingerprint density at radius 1 is 0.657 bits per heavy atom. The van der Waals surface area contributed by atoms with E-state index in [0.717, 1.165) is 50.5 Å². The summed E-state index contributed by atoms with van der Waals surface area (Å²) < 4.78 is 0. The second-order valence-corrected chi connectivity index (χ2v) is 8.33. The largest absolute Gasteiger partial charge is 0.342 e. The van der Waals surface area contributed by atoms with E-state index in [1.807, 2.05) is 97.1 Å². The van der Waals surface area contributed by atoms with Crippen LogP contribution in [0.2, 0.25) is 0 Å². The van der Waals surface area contributed by atoms with Crippen LogP contribution in [0.3, 0.4) is 0 Å². The van der Waals surface area contributed by atoms with Crippen molar-refractivity contribution in [2.75, 3.05) is 10.6 Å². The summed E-state index contributed by atoms with van der Waals surface area (Å²) in [6, 6.07) is 30.9. The number of H-pyrrole nitrogens is 2. The van der Waals surface area contributed by atoms with Crippen LogP contribution in [0.25, 0.3) is 33.5 Å². The fourth-order valence-electron chi connectivity index (χ4n) is 4.08. The maximum atomic E-state index is 12.5. The van der Waals surface area contributed by atoms with Gasteiger partial charge in [0.05, 0.1) is 22.1 Å². The predicted molar refractivity (Wildman–Crippen MR) is 140 cm³/mol. The third-order valence-electron chi connectivity index (χ3n) is 5.83. The first-order valence-corrected chi connectivity index (χ1v) is 11.4. The summed E-state index contributed by atoms with van der Waals surface area (Å²) in [5, 5.41) is 5.74. The van der Waals surface area contributed by atoms with E-state index in [4.69, 9.17) is 0 Å². The van der Waals surface area contributed by atoms with Gasteiger partial charge in [0, 0.05) is 23.4 Å². The molecule has 0 radical (unpaired) electrons. The number of carbonyl (C=O) groups excluding carboxylic acids is 1. The van der Waals surface area contributed by atoms with Crippen molar-refractivity contribution in [1.82, 2.24) is 19.9 Å². The summed E-state index contributed by atoms with van der Waals surface area (Å²) in [7, 11) is 0. The van der Waals surface area contributed by atoms with E-state index in [9.17, 15) is 4.79 Å². The molecular formula is C28H22N6O. The molecule has 0 aliphatic rings. The summed E-state index contributed by atoms with van der Waals surface area (Å²) in [6.45, 7) is 0. The van der Waals surface area contributed by atoms with E-state index in [1.165, 1.54) is 0 Å². The zero-order valence-electron chi connectivity index (χ0n) is 18.7. The van der Waals surface area contributed by atoms with Gasteiger partial charge in [0.1, 0.15) is 11.6 Å². The van der Waals surface area contributed by atoms with Gasteiger partial charge in [0.2, 0.25) is 0 Å². The van der Waals surface area contributed by atoms with E-state index in [1.54, 1.807) is 0 Å². The molecule has 170 valence electrons. The lowest BCUT2D eigenvalue weighted by Gasteiger charge is -2.09. The van der Waals surface area contributed by atoms with Gasteiger partial charge in [-0.3, -0.25) is 0 Å². The van der Waals surface area contributed by atoms with Crippen molar-refractivity contribution in [3.63, 3.8) is 0 Å². The number of anilines is 2. The number of rotatable bonds is 5. The molecule has 0 aliphatic carbocycles. The molecule has 7 heteroatoms. The summed E-state index contributed by atoms with van der Waals surface area (Å²) in [6.07, 6.45) is 0.693. The Labute approximate surface area is 201 Å². The van der Waals surface area contributed by atoms with Crippen molar-refractivity contribution in [3.8, 4) is 11.4 Å². The molecule has 0 atom stereocenters. The molecule has 0 spiro atoms. The van der Waals surface area contributed by atoms with Gasteiger partial charge in [0.25, 0.3) is 0 Å². The van der Waals surface area contributed by atoms with Crippen LogP contribution in [0.15, 0.2) is 97.1 Å². The van der Waals surface area contributed by atoms with Gasteiger partial charge in [-0.2, -0.15) is 0 Å². The van der Waals surface area contributed by atoms with Crippen molar-refractivity contribution in [2.24, 2.45) is 0 Å². The minimum Gasteiger partial charge on any atom is -0.342 e. The number of nitrogens with zero attached hydrogens (tertiary/aromatic N) is 2. The number of carbonyl (C=O) groups is 1. The summed E-state index contributed by atoms with van der Waals surface area (Å²) >= 11 is 0. The van der Waals surface area contributed by atoms with Gasteiger partial charge in [-0.15, -0.1) is 0 Å². The molecule has 0 fully saturated rings. The number of para-hydroxylation sites is 4. The van der Waals surface area contributed by atoms with Crippen molar-refractivity contribution in [1.29, 1.82) is 0 Å². The normalized spacial score (nSPS) is 11.1. The molecule has 4 N–H and O–H groups in total. The number of benzene rings is 4. The minimum absolute atomic E-state index is 0.300. The summed E-state index contributed by atoms with van der Waals surface area (Å²) in [5.74, 6) is 1.71. The first-order valence-electron chi connectivity index (χ1n) is 11.4. The Morgan fingerprint density at radius 2 is 1.23 bits per heavy atom. The third kappa shape index (κ3) is 4.47. The maximum absolute atomic E-state index is 12.5. The van der Waals surface area contributed by atoms with E-state index in [2.05, 4.69) is 30.6 Å². The molecule has 0 bridgehead atoms. The molecule has 2 amide bonds. The van der Waals surface area contributed by atoms with Crippen molar-refractivity contribution >= 4 is 39.5 Å². The highest BCUT2D eigenvalue weighted by Gasteiger charge is 2.08. The van der Waals surface area contributed by atoms with E-state index >= 15 is 0 Å². The molecule has 0 unspecified atom stereocenters. The van der Waals surface area contributed by atoms with Crippen molar-refractivity contribution in [2.45, 2.75) is 6.42 Å². The maximum Gasteiger partial charge on any atom is 0.323 e. The molecule has 0 saturated heterocycles. The number of imidazole rings is 2. The highest BCUT2D eigenvalue weighted by atomic mass is 16.2. The molecule has 35 heavy (non-hydrogen) atoms. The zero-order chi connectivity index (χ0) is 23.6. The number of aromatic nitrogens is 4. The van der Waals surface area contributed by atoms with Gasteiger partial charge < -0.3 is 20.6 Å². The number of urea groups is 1. The van der Waals surface area contributed by atoms with Crippen LogP contribution in [-0.4, -0.2) is 26.0 Å². The molecule has 2 aromatic heterocycles. The third-order valence-corrected chi connectivity index (χ3v) is 5.83. The topological polar surface area (TPSA) is 98.5 Å². The monoisotopic (exact) mass is 458 g/mol.